The summed E-state index contributed by atoms with van der Waals surface area (Å²) in [6.07, 6.45) is 13.0. The number of carbonyl (C=O) groups excluding carboxylic acids is 1. The minimum Gasteiger partial charge on any atom is -0.462 e. The van der Waals surface area contributed by atoms with Crippen LogP contribution in [0.25, 0.3) is 0 Å². The van der Waals surface area contributed by atoms with E-state index in [1.165, 1.54) is 44.9 Å². The van der Waals surface area contributed by atoms with Crippen LogP contribution in [0.4, 0.5) is 0 Å². The molecule has 0 saturated heterocycles. The zero-order chi connectivity index (χ0) is 15.2. The molecular formula is C18H34O2. The van der Waals surface area contributed by atoms with Crippen molar-refractivity contribution in [1.82, 2.24) is 0 Å². The molecule has 118 valence electrons. The molecule has 0 saturated carbocycles. The molecule has 0 aliphatic rings. The number of hydrogen-bond donors (Lipinski definition) is 0. The molecule has 0 aliphatic heterocycles. The van der Waals surface area contributed by atoms with Crippen molar-refractivity contribution in [3.05, 3.63) is 11.6 Å². The van der Waals surface area contributed by atoms with Crippen LogP contribution in [0.2, 0.25) is 0 Å². The molecule has 0 spiro atoms. The maximum absolute atomic E-state index is 11.8. The molecule has 0 aliphatic carbocycles. The molecule has 2 nitrogen and oxygen atoms in total. The molecule has 1 unspecified atom stereocenters. The summed E-state index contributed by atoms with van der Waals surface area (Å²) >= 11 is 0. The number of carbonyl (C=O) groups is 1. The second-order valence-electron chi connectivity index (χ2n) is 5.87. The molecule has 0 aromatic rings. The predicted molar refractivity (Wildman–Crippen MR) is 86.8 cm³/mol. The number of allylic oxidation sites excluding steroid dienone is 1. The highest BCUT2D eigenvalue weighted by Gasteiger charge is 2.07. The average molecular weight is 282 g/mol. The molecule has 0 rings (SSSR count). The molecule has 0 amide bonds. The Balaban J connectivity index is 3.81. The van der Waals surface area contributed by atoms with Gasteiger partial charge in [-0.3, -0.25) is 0 Å². The summed E-state index contributed by atoms with van der Waals surface area (Å²) in [5, 5.41) is 0. The third kappa shape index (κ3) is 11.1. The van der Waals surface area contributed by atoms with Crippen LogP contribution in [0.15, 0.2) is 11.6 Å². The van der Waals surface area contributed by atoms with E-state index in [0.29, 0.717) is 12.5 Å². The summed E-state index contributed by atoms with van der Waals surface area (Å²) in [6, 6.07) is 0. The van der Waals surface area contributed by atoms with Crippen molar-refractivity contribution in [2.75, 3.05) is 6.61 Å². The van der Waals surface area contributed by atoms with E-state index in [4.69, 9.17) is 4.74 Å². The topological polar surface area (TPSA) is 26.3 Å². The number of unbranched alkanes of at least 4 members (excludes halogenated alkanes) is 6. The largest absolute Gasteiger partial charge is 0.462 e. The molecule has 1 atom stereocenters. The van der Waals surface area contributed by atoms with Crippen LogP contribution in [0, 0.1) is 5.92 Å². The van der Waals surface area contributed by atoms with E-state index in [0.717, 1.165) is 18.4 Å². The predicted octanol–water partition coefficient (Wildman–Crippen LogP) is 5.66. The molecule has 0 bridgehead atoms. The van der Waals surface area contributed by atoms with Crippen LogP contribution in [-0.2, 0) is 9.53 Å². The summed E-state index contributed by atoms with van der Waals surface area (Å²) in [6.45, 7) is 9.03. The minimum absolute atomic E-state index is 0.137. The lowest BCUT2D eigenvalue weighted by atomic mass is 10.0. The first kappa shape index (κ1) is 19.2. The van der Waals surface area contributed by atoms with E-state index in [2.05, 4.69) is 26.8 Å². The lowest BCUT2D eigenvalue weighted by Crippen LogP contribution is -2.08. The zero-order valence-corrected chi connectivity index (χ0v) is 14.0. The van der Waals surface area contributed by atoms with Crippen molar-refractivity contribution in [2.45, 2.75) is 85.5 Å². The molecule has 20 heavy (non-hydrogen) atoms. The van der Waals surface area contributed by atoms with E-state index in [1.807, 2.05) is 6.92 Å². The van der Waals surface area contributed by atoms with Gasteiger partial charge in [-0.15, -0.1) is 0 Å². The summed E-state index contributed by atoms with van der Waals surface area (Å²) in [7, 11) is 0. The van der Waals surface area contributed by atoms with Gasteiger partial charge in [0.1, 0.15) is 0 Å². The SMILES string of the molecule is CCCCCCOC(=O)C(C)=CC(C)CCCCCC. The van der Waals surface area contributed by atoms with Gasteiger partial charge in [0.05, 0.1) is 6.61 Å². The van der Waals surface area contributed by atoms with E-state index in [1.54, 1.807) is 0 Å². The van der Waals surface area contributed by atoms with E-state index in [9.17, 15) is 4.79 Å². The highest BCUT2D eigenvalue weighted by atomic mass is 16.5. The number of rotatable bonds is 12. The van der Waals surface area contributed by atoms with Crippen LogP contribution in [-0.4, -0.2) is 12.6 Å². The third-order valence-corrected chi connectivity index (χ3v) is 3.60. The van der Waals surface area contributed by atoms with Gasteiger partial charge in [-0.05, 0) is 25.7 Å². The van der Waals surface area contributed by atoms with Crippen LogP contribution in [0.3, 0.4) is 0 Å². The van der Waals surface area contributed by atoms with E-state index in [-0.39, 0.29) is 5.97 Å². The van der Waals surface area contributed by atoms with Gasteiger partial charge < -0.3 is 4.74 Å². The highest BCUT2D eigenvalue weighted by Crippen LogP contribution is 2.14. The number of esters is 1. The van der Waals surface area contributed by atoms with Crippen molar-refractivity contribution >= 4 is 5.97 Å². The van der Waals surface area contributed by atoms with Crippen LogP contribution < -0.4 is 0 Å². The molecule has 0 radical (unpaired) electrons. The summed E-state index contributed by atoms with van der Waals surface area (Å²) in [5.41, 5.74) is 0.767. The first-order valence-electron chi connectivity index (χ1n) is 8.47. The standard InChI is InChI=1S/C18H34O2/c1-5-7-9-11-13-16(3)15-17(4)18(19)20-14-12-10-8-6-2/h15-16H,5-14H2,1-4H3. The average Bonchev–Trinajstić information content (AvgIpc) is 2.43. The zero-order valence-electron chi connectivity index (χ0n) is 14.0. The van der Waals surface area contributed by atoms with Crippen molar-refractivity contribution in [2.24, 2.45) is 5.92 Å². The van der Waals surface area contributed by atoms with Gasteiger partial charge in [0.25, 0.3) is 0 Å². The van der Waals surface area contributed by atoms with Gasteiger partial charge in [-0.2, -0.15) is 0 Å². The Morgan fingerprint density at radius 3 is 2.20 bits per heavy atom. The second-order valence-corrected chi connectivity index (χ2v) is 5.87. The first-order chi connectivity index (χ1) is 9.61. The van der Waals surface area contributed by atoms with Gasteiger partial charge >= 0.3 is 5.97 Å². The fraction of sp³-hybridized carbons (Fsp3) is 0.833. The van der Waals surface area contributed by atoms with Crippen LogP contribution >= 0.6 is 0 Å². The molecule has 0 heterocycles. The Morgan fingerprint density at radius 1 is 1.00 bits per heavy atom. The van der Waals surface area contributed by atoms with Crippen molar-refractivity contribution in [3.63, 3.8) is 0 Å². The Kier molecular flexibility index (Phi) is 12.7. The fourth-order valence-corrected chi connectivity index (χ4v) is 2.28. The Hall–Kier alpha value is -0.790. The van der Waals surface area contributed by atoms with Crippen molar-refractivity contribution < 1.29 is 9.53 Å². The molecule has 0 fully saturated rings. The maximum Gasteiger partial charge on any atom is 0.333 e. The summed E-state index contributed by atoms with van der Waals surface area (Å²) in [5.74, 6) is 0.335. The third-order valence-electron chi connectivity index (χ3n) is 3.60. The van der Waals surface area contributed by atoms with Crippen LogP contribution in [0.1, 0.15) is 85.5 Å². The van der Waals surface area contributed by atoms with Gasteiger partial charge in [0, 0.05) is 5.57 Å². The Labute approximate surface area is 126 Å². The van der Waals surface area contributed by atoms with Crippen molar-refractivity contribution in [3.8, 4) is 0 Å². The molecular weight excluding hydrogens is 248 g/mol. The molecule has 0 aromatic carbocycles. The Morgan fingerprint density at radius 2 is 1.60 bits per heavy atom. The molecule has 0 N–H and O–H groups in total. The van der Waals surface area contributed by atoms with E-state index >= 15 is 0 Å². The van der Waals surface area contributed by atoms with Crippen LogP contribution in [0.5, 0.6) is 0 Å². The second kappa shape index (κ2) is 13.2. The molecule has 2 heteroatoms. The normalized spacial score (nSPS) is 13.3. The lowest BCUT2D eigenvalue weighted by Gasteiger charge is -2.09. The van der Waals surface area contributed by atoms with Gasteiger partial charge in [-0.25, -0.2) is 4.79 Å². The van der Waals surface area contributed by atoms with E-state index < -0.39 is 0 Å². The lowest BCUT2D eigenvalue weighted by molar-refractivity contribution is -0.139. The first-order valence-corrected chi connectivity index (χ1v) is 8.47. The summed E-state index contributed by atoms with van der Waals surface area (Å²) in [4.78, 5) is 11.8. The van der Waals surface area contributed by atoms with Crippen molar-refractivity contribution in [1.29, 1.82) is 0 Å². The highest BCUT2D eigenvalue weighted by molar-refractivity contribution is 5.87. The number of ether oxygens (including phenoxy) is 1. The van der Waals surface area contributed by atoms with Gasteiger partial charge in [-0.1, -0.05) is 71.8 Å². The molecule has 0 aromatic heterocycles. The Bertz CT molecular complexity index is 269. The number of hydrogen-bond acceptors (Lipinski definition) is 2. The fourth-order valence-electron chi connectivity index (χ4n) is 2.28. The van der Waals surface area contributed by atoms with Gasteiger partial charge in [0.15, 0.2) is 0 Å². The van der Waals surface area contributed by atoms with Gasteiger partial charge in [0.2, 0.25) is 0 Å². The smallest absolute Gasteiger partial charge is 0.333 e. The monoisotopic (exact) mass is 282 g/mol. The summed E-state index contributed by atoms with van der Waals surface area (Å²) < 4.78 is 5.29. The maximum atomic E-state index is 11.8. The minimum atomic E-state index is -0.137. The quantitative estimate of drug-likeness (QED) is 0.262.